The van der Waals surface area contributed by atoms with Gasteiger partial charge in [0.15, 0.2) is 0 Å². The van der Waals surface area contributed by atoms with Crippen LogP contribution in [0.25, 0.3) is 0 Å². The summed E-state index contributed by atoms with van der Waals surface area (Å²) in [6, 6.07) is 1.20. The molecule has 22 nitrogen and oxygen atoms in total. The highest BCUT2D eigenvalue weighted by Gasteiger charge is 2.49. The number of amides is 11. The second-order valence-electron chi connectivity index (χ2n) is 26.1. The Kier molecular flexibility index (Phi) is 28.4. The summed E-state index contributed by atoms with van der Waals surface area (Å²) in [5.41, 5.74) is -1.81. The molecular weight excluding hydrogens is 1240 g/mol. The van der Waals surface area contributed by atoms with Crippen molar-refractivity contribution in [2.75, 3.05) is 69.0 Å². The Bertz CT molecular complexity index is 2980. The lowest BCUT2D eigenvalue weighted by atomic mass is 9.91. The quantitative estimate of drug-likeness (QED) is 0.216. The second kappa shape index (κ2) is 33.7. The van der Waals surface area contributed by atoms with Gasteiger partial charge in [0.05, 0.1) is 30.2 Å². The number of carbonyl (C=O) groups excluding carboxylic acids is 11. The van der Waals surface area contributed by atoms with Gasteiger partial charge in [0.25, 0.3) is 0 Å². The molecule has 8 atom stereocenters. The van der Waals surface area contributed by atoms with E-state index in [1.807, 2.05) is 20.8 Å². The number of benzene rings is 2. The predicted molar refractivity (Wildman–Crippen MR) is 343 cm³/mol. The van der Waals surface area contributed by atoms with Crippen LogP contribution in [0, 0.1) is 23.7 Å². The molecule has 1 aliphatic carbocycles. The smallest absolute Gasteiger partial charge is 0.351 e. The van der Waals surface area contributed by atoms with Crippen molar-refractivity contribution in [3.8, 4) is 0 Å². The van der Waals surface area contributed by atoms with Crippen molar-refractivity contribution in [1.29, 1.82) is 0 Å². The summed E-state index contributed by atoms with van der Waals surface area (Å²) in [4.78, 5) is 168. The molecule has 0 aromatic heterocycles. The first kappa shape index (κ1) is 77.4. The van der Waals surface area contributed by atoms with E-state index in [0.717, 1.165) is 36.6 Å². The molecule has 11 amide bonds. The zero-order valence-electron chi connectivity index (χ0n) is 56.1. The molecule has 4 N–H and O–H groups in total. The van der Waals surface area contributed by atoms with Crippen LogP contribution in [-0.4, -0.2) is 216 Å². The number of hydrogen-bond donors (Lipinski definition) is 4. The molecule has 4 rings (SSSR count). The Hall–Kier alpha value is -7.02. The summed E-state index contributed by atoms with van der Waals surface area (Å²) < 4.78 is 41.4. The summed E-state index contributed by atoms with van der Waals surface area (Å²) in [5, 5.41) is 11.2. The van der Waals surface area contributed by atoms with Gasteiger partial charge in [-0.3, -0.25) is 52.7 Å². The summed E-state index contributed by atoms with van der Waals surface area (Å²) in [5.74, 6) is -9.23. The standard InChI is InChI=1S/C65H96Cl2F3N11O11/c1-17-40(8)54-62(91)77(12)35-52(84)75(10)36-53(85)78(13)49(33-43-20-24-44(66)25-21-43)61(90)76(11)34-50(82)72-47(27-23-42-22-26-45(46(67)32-42)65(68,69)70)60(89)79(14)48(30-37(2)3)57(86)74-64(28-18-19-29-64)63(92)81(16)56(39(6)7)58(87)71-41(9)31-51(83)80(15)55(38(4)5)59(88)73-54/h20-22,24-26,32,37-41,47-49,54-56H,17-19,23,27-31,33-36H2,1-16H3,(H,71,87)(H,72,82)(H,73,88)(H,74,86)/t40-,41+,47-,48+,49-,54-,55-,56-/m0/s1. The van der Waals surface area contributed by atoms with Crippen LogP contribution >= 0.6 is 23.2 Å². The molecule has 2 aromatic rings. The molecule has 1 saturated heterocycles. The maximum absolute atomic E-state index is 15.1. The number of rotatable bonds is 11. The highest BCUT2D eigenvalue weighted by Crippen LogP contribution is 2.36. The van der Waals surface area contributed by atoms with Crippen LogP contribution in [0.3, 0.4) is 0 Å². The first-order chi connectivity index (χ1) is 42.8. The molecular formula is C65H96Cl2F3N11O11. The van der Waals surface area contributed by atoms with E-state index in [1.165, 1.54) is 65.2 Å². The summed E-state index contributed by atoms with van der Waals surface area (Å²) in [6.07, 6.45) is -3.68. The van der Waals surface area contributed by atoms with E-state index < -0.39 is 167 Å². The largest absolute Gasteiger partial charge is 0.417 e. The van der Waals surface area contributed by atoms with Crippen LogP contribution in [-0.2, 0) is 71.8 Å². The van der Waals surface area contributed by atoms with Crippen molar-refractivity contribution in [3.63, 3.8) is 0 Å². The SMILES string of the molecule is CC[C@H](C)[C@@H]1NC(=O)[C@H](C(C)C)N(C)C(=O)C[C@@H](C)NC(=O)[C@H](C(C)C)N(C)C(=O)C2(CCCC2)NC(=O)[C@@H](CC(C)C)N(C)C(=O)[C@H](CCc2ccc(C(F)(F)F)c(Cl)c2)NC(=O)CN(C)C(=O)[C@H](Cc2ccc(Cl)cc2)N(C)C(=O)CN(C)C(=O)CN(C)C1=O. The minimum Gasteiger partial charge on any atom is -0.351 e. The minimum atomic E-state index is -4.77. The van der Waals surface area contributed by atoms with Gasteiger partial charge < -0.3 is 55.6 Å². The van der Waals surface area contributed by atoms with Crippen molar-refractivity contribution in [2.24, 2.45) is 23.7 Å². The van der Waals surface area contributed by atoms with E-state index in [-0.39, 0.29) is 56.4 Å². The molecule has 92 heavy (non-hydrogen) atoms. The fourth-order valence-corrected chi connectivity index (χ4v) is 12.3. The Balaban J connectivity index is 1.85. The van der Waals surface area contributed by atoms with E-state index in [1.54, 1.807) is 65.8 Å². The summed E-state index contributed by atoms with van der Waals surface area (Å²) in [6.45, 7) is 13.9. The van der Waals surface area contributed by atoms with Gasteiger partial charge in [0, 0.05) is 73.2 Å². The van der Waals surface area contributed by atoms with Crippen LogP contribution in [0.15, 0.2) is 42.5 Å². The topological polar surface area (TPSA) is 259 Å². The fraction of sp³-hybridized carbons (Fsp3) is 0.646. The van der Waals surface area contributed by atoms with Crippen LogP contribution in [0.1, 0.15) is 130 Å². The fourth-order valence-electron chi connectivity index (χ4n) is 11.9. The van der Waals surface area contributed by atoms with Crippen LogP contribution in [0.5, 0.6) is 0 Å². The number of carbonyl (C=O) groups is 11. The number of aryl methyl sites for hydroxylation is 1. The first-order valence-electron chi connectivity index (χ1n) is 31.4. The lowest BCUT2D eigenvalue weighted by molar-refractivity contribution is -0.150. The molecule has 512 valence electrons. The maximum atomic E-state index is 15.1. The monoisotopic (exact) mass is 1330 g/mol. The predicted octanol–water partition coefficient (Wildman–Crippen LogP) is 5.58. The van der Waals surface area contributed by atoms with Crippen molar-refractivity contribution in [2.45, 2.75) is 181 Å². The number of halogens is 5. The lowest BCUT2D eigenvalue weighted by Crippen LogP contribution is -2.65. The Morgan fingerprint density at radius 2 is 1.14 bits per heavy atom. The first-order valence-corrected chi connectivity index (χ1v) is 32.1. The third-order valence-electron chi connectivity index (χ3n) is 17.5. The van der Waals surface area contributed by atoms with E-state index in [9.17, 15) is 51.5 Å². The molecule has 0 bridgehead atoms. The van der Waals surface area contributed by atoms with Gasteiger partial charge in [-0.2, -0.15) is 13.2 Å². The maximum Gasteiger partial charge on any atom is 0.417 e. The molecule has 1 heterocycles. The number of nitrogens with one attached hydrogen (secondary N) is 4. The molecule has 2 aliphatic rings. The van der Waals surface area contributed by atoms with Crippen molar-refractivity contribution in [1.82, 2.24) is 55.6 Å². The van der Waals surface area contributed by atoms with Crippen molar-refractivity contribution >= 4 is 88.2 Å². The third kappa shape index (κ3) is 20.5. The Morgan fingerprint density at radius 1 is 0.598 bits per heavy atom. The number of likely N-dealkylation sites (N-methyl/N-ethyl adjacent to an activating group) is 7. The average Bonchev–Trinajstić information content (AvgIpc) is 1.46. The second-order valence-corrected chi connectivity index (χ2v) is 27.0. The van der Waals surface area contributed by atoms with E-state index in [4.69, 9.17) is 23.2 Å². The highest BCUT2D eigenvalue weighted by molar-refractivity contribution is 6.31. The number of alkyl halides is 3. The van der Waals surface area contributed by atoms with Gasteiger partial charge in [-0.25, -0.2) is 0 Å². The van der Waals surface area contributed by atoms with Gasteiger partial charge in [-0.05, 0) is 98.1 Å². The minimum absolute atomic E-state index is 0.0481. The normalized spacial score (nSPS) is 24.2. The zero-order valence-corrected chi connectivity index (χ0v) is 57.6. The van der Waals surface area contributed by atoms with Crippen LogP contribution < -0.4 is 21.3 Å². The van der Waals surface area contributed by atoms with E-state index >= 15 is 14.4 Å². The zero-order chi connectivity index (χ0) is 69.6. The van der Waals surface area contributed by atoms with Gasteiger partial charge in [-0.1, -0.05) is 116 Å². The van der Waals surface area contributed by atoms with Crippen molar-refractivity contribution in [3.05, 3.63) is 69.2 Å². The van der Waals surface area contributed by atoms with E-state index in [0.29, 0.717) is 29.8 Å². The molecule has 27 heteroatoms. The van der Waals surface area contributed by atoms with Gasteiger partial charge in [0.2, 0.25) is 65.0 Å². The van der Waals surface area contributed by atoms with Gasteiger partial charge >= 0.3 is 6.18 Å². The molecule has 2 fully saturated rings. The molecule has 1 saturated carbocycles. The third-order valence-corrected chi connectivity index (χ3v) is 18.1. The Labute approximate surface area is 549 Å². The van der Waals surface area contributed by atoms with E-state index in [2.05, 4.69) is 21.3 Å². The summed E-state index contributed by atoms with van der Waals surface area (Å²) >= 11 is 12.3. The highest BCUT2D eigenvalue weighted by atomic mass is 35.5. The molecule has 1 aliphatic heterocycles. The summed E-state index contributed by atoms with van der Waals surface area (Å²) in [7, 11) is 9.60. The molecule has 0 unspecified atom stereocenters. The van der Waals surface area contributed by atoms with Crippen molar-refractivity contribution < 1.29 is 65.9 Å². The average molecular weight is 1340 g/mol. The van der Waals surface area contributed by atoms with Crippen LogP contribution in [0.2, 0.25) is 10.0 Å². The Morgan fingerprint density at radius 3 is 1.68 bits per heavy atom. The molecule has 0 radical (unpaired) electrons. The molecule has 2 aromatic carbocycles. The van der Waals surface area contributed by atoms with Gasteiger partial charge in [-0.15, -0.1) is 0 Å². The van der Waals surface area contributed by atoms with Crippen LogP contribution in [0.4, 0.5) is 13.2 Å². The molecule has 1 spiro atoms. The number of nitrogens with zero attached hydrogens (tertiary/aromatic N) is 7. The van der Waals surface area contributed by atoms with Gasteiger partial charge in [0.1, 0.15) is 41.8 Å². The number of hydrogen-bond acceptors (Lipinski definition) is 11. The lowest BCUT2D eigenvalue weighted by Gasteiger charge is -2.40.